The second kappa shape index (κ2) is 5.72. The topological polar surface area (TPSA) is 33.1 Å². The average molecular weight is 300 g/mol. The molecule has 1 aliphatic carbocycles. The van der Waals surface area contributed by atoms with Crippen LogP contribution in [-0.2, 0) is 0 Å². The van der Waals surface area contributed by atoms with Gasteiger partial charge in [0.15, 0.2) is 0 Å². The van der Waals surface area contributed by atoms with Crippen LogP contribution in [0.4, 0.5) is 10.1 Å². The largest absolute Gasteiger partial charge is 0.366 e. The molecule has 22 heavy (non-hydrogen) atoms. The molecule has 4 rings (SSSR count). The smallest absolute Gasteiger partial charge is 0.148 e. The third-order valence-corrected chi connectivity index (χ3v) is 4.82. The van der Waals surface area contributed by atoms with E-state index < -0.39 is 0 Å². The number of rotatable bonds is 3. The molecule has 116 valence electrons. The first-order valence-corrected chi connectivity index (χ1v) is 8.13. The molecule has 0 amide bonds. The molecule has 5 heteroatoms. The van der Waals surface area contributed by atoms with Crippen LogP contribution in [0.15, 0.2) is 30.5 Å². The number of para-hydroxylation sites is 1. The SMILES string of the molecule is Fc1ccccc1-n1ncc(N2CCNCC2)c1C1CCC1. The minimum Gasteiger partial charge on any atom is -0.366 e. The molecule has 0 unspecified atom stereocenters. The van der Waals surface area contributed by atoms with E-state index in [2.05, 4.69) is 15.3 Å². The molecule has 1 aromatic heterocycles. The molecule has 0 spiro atoms. The molecule has 2 fully saturated rings. The molecule has 0 atom stereocenters. The normalized spacial score (nSPS) is 19.2. The molecule has 2 aliphatic rings. The van der Waals surface area contributed by atoms with Crippen molar-refractivity contribution in [2.75, 3.05) is 31.1 Å². The number of nitrogens with zero attached hydrogens (tertiary/aromatic N) is 3. The van der Waals surface area contributed by atoms with Crippen molar-refractivity contribution >= 4 is 5.69 Å². The van der Waals surface area contributed by atoms with Crippen molar-refractivity contribution in [2.24, 2.45) is 0 Å². The fourth-order valence-corrected chi connectivity index (χ4v) is 3.38. The van der Waals surface area contributed by atoms with E-state index in [-0.39, 0.29) is 5.82 Å². The van der Waals surface area contributed by atoms with Crippen LogP contribution in [0.5, 0.6) is 0 Å². The first-order valence-electron chi connectivity index (χ1n) is 8.13. The maximum Gasteiger partial charge on any atom is 0.148 e. The minimum absolute atomic E-state index is 0.210. The number of halogens is 1. The maximum absolute atomic E-state index is 14.2. The lowest BCUT2D eigenvalue weighted by atomic mass is 9.82. The summed E-state index contributed by atoms with van der Waals surface area (Å²) in [5.74, 6) is 0.296. The van der Waals surface area contributed by atoms with Crippen LogP contribution < -0.4 is 10.2 Å². The van der Waals surface area contributed by atoms with Crippen LogP contribution >= 0.6 is 0 Å². The Morgan fingerprint density at radius 3 is 2.55 bits per heavy atom. The Bertz CT molecular complexity index is 656. The highest BCUT2D eigenvalue weighted by molar-refractivity contribution is 5.55. The van der Waals surface area contributed by atoms with Gasteiger partial charge < -0.3 is 10.2 Å². The zero-order valence-corrected chi connectivity index (χ0v) is 12.6. The average Bonchev–Trinajstić information content (AvgIpc) is 2.91. The zero-order valence-electron chi connectivity index (χ0n) is 12.6. The van der Waals surface area contributed by atoms with E-state index in [9.17, 15) is 4.39 Å². The summed E-state index contributed by atoms with van der Waals surface area (Å²) in [7, 11) is 0. The summed E-state index contributed by atoms with van der Waals surface area (Å²) >= 11 is 0. The van der Waals surface area contributed by atoms with Gasteiger partial charge in [0.05, 0.1) is 17.6 Å². The van der Waals surface area contributed by atoms with Crippen LogP contribution in [0.1, 0.15) is 30.9 Å². The molecule has 4 nitrogen and oxygen atoms in total. The standard InChI is InChI=1S/C17H21FN4/c18-14-6-1-2-7-15(14)22-17(13-4-3-5-13)16(12-20-22)21-10-8-19-9-11-21/h1-2,6-7,12-13,19H,3-5,8-11H2. The highest BCUT2D eigenvalue weighted by atomic mass is 19.1. The van der Waals surface area contributed by atoms with E-state index in [0.717, 1.165) is 26.2 Å². The fraction of sp³-hybridized carbons (Fsp3) is 0.471. The highest BCUT2D eigenvalue weighted by Gasteiger charge is 2.30. The van der Waals surface area contributed by atoms with Crippen molar-refractivity contribution in [3.05, 3.63) is 42.0 Å². The monoisotopic (exact) mass is 300 g/mol. The number of piperazine rings is 1. The molecule has 0 bridgehead atoms. The lowest BCUT2D eigenvalue weighted by molar-refractivity contribution is 0.401. The van der Waals surface area contributed by atoms with Gasteiger partial charge in [0, 0.05) is 32.1 Å². The third kappa shape index (κ3) is 2.29. The molecule has 2 aromatic rings. The third-order valence-electron chi connectivity index (χ3n) is 4.82. The van der Waals surface area contributed by atoms with Gasteiger partial charge in [-0.25, -0.2) is 9.07 Å². The maximum atomic E-state index is 14.2. The second-order valence-electron chi connectivity index (χ2n) is 6.14. The number of hydrogen-bond donors (Lipinski definition) is 1. The quantitative estimate of drug-likeness (QED) is 0.946. The Morgan fingerprint density at radius 1 is 1.09 bits per heavy atom. The second-order valence-corrected chi connectivity index (χ2v) is 6.14. The van der Waals surface area contributed by atoms with Crippen LogP contribution in [0.2, 0.25) is 0 Å². The fourth-order valence-electron chi connectivity index (χ4n) is 3.38. The van der Waals surface area contributed by atoms with E-state index in [1.54, 1.807) is 6.07 Å². The van der Waals surface area contributed by atoms with Crippen molar-refractivity contribution < 1.29 is 4.39 Å². The van der Waals surface area contributed by atoms with Crippen LogP contribution in [0.3, 0.4) is 0 Å². The molecule has 2 heterocycles. The Balaban J connectivity index is 1.78. The molecule has 1 saturated carbocycles. The number of nitrogens with one attached hydrogen (secondary N) is 1. The van der Waals surface area contributed by atoms with Gasteiger partial charge in [0.25, 0.3) is 0 Å². The molecular formula is C17H21FN4. The predicted octanol–water partition coefficient (Wildman–Crippen LogP) is 2.69. The molecule has 1 aromatic carbocycles. The molecule has 1 saturated heterocycles. The van der Waals surface area contributed by atoms with Crippen LogP contribution in [-0.4, -0.2) is 36.0 Å². The first-order chi connectivity index (χ1) is 10.8. The number of hydrogen-bond acceptors (Lipinski definition) is 3. The van der Waals surface area contributed by atoms with Crippen molar-refractivity contribution in [2.45, 2.75) is 25.2 Å². The van der Waals surface area contributed by atoms with Gasteiger partial charge in [-0.05, 0) is 25.0 Å². The Kier molecular flexibility index (Phi) is 3.58. The predicted molar refractivity (Wildman–Crippen MR) is 85.2 cm³/mol. The van der Waals surface area contributed by atoms with Gasteiger partial charge in [0.1, 0.15) is 11.5 Å². The summed E-state index contributed by atoms with van der Waals surface area (Å²) in [6.07, 6.45) is 5.54. The van der Waals surface area contributed by atoms with E-state index in [4.69, 9.17) is 0 Å². The molecule has 0 radical (unpaired) electrons. The highest BCUT2D eigenvalue weighted by Crippen LogP contribution is 2.42. The molecular weight excluding hydrogens is 279 g/mol. The first kappa shape index (κ1) is 13.8. The van der Waals surface area contributed by atoms with Gasteiger partial charge in [-0.1, -0.05) is 18.6 Å². The van der Waals surface area contributed by atoms with Crippen LogP contribution in [0.25, 0.3) is 5.69 Å². The summed E-state index contributed by atoms with van der Waals surface area (Å²) in [4.78, 5) is 2.38. The summed E-state index contributed by atoms with van der Waals surface area (Å²) in [5, 5.41) is 7.92. The summed E-state index contributed by atoms with van der Waals surface area (Å²) in [6.45, 7) is 3.97. The number of anilines is 1. The van der Waals surface area contributed by atoms with Gasteiger partial charge in [0.2, 0.25) is 0 Å². The van der Waals surface area contributed by atoms with Gasteiger partial charge >= 0.3 is 0 Å². The molecule has 1 N–H and O–H groups in total. The summed E-state index contributed by atoms with van der Waals surface area (Å²) in [5.41, 5.74) is 2.94. The van der Waals surface area contributed by atoms with Crippen LogP contribution in [0, 0.1) is 5.82 Å². The van der Waals surface area contributed by atoms with Crippen molar-refractivity contribution in [1.29, 1.82) is 0 Å². The Morgan fingerprint density at radius 2 is 1.86 bits per heavy atom. The van der Waals surface area contributed by atoms with E-state index >= 15 is 0 Å². The summed E-state index contributed by atoms with van der Waals surface area (Å²) < 4.78 is 16.0. The lowest BCUT2D eigenvalue weighted by Gasteiger charge is -2.33. The van der Waals surface area contributed by atoms with Gasteiger partial charge in [-0.15, -0.1) is 0 Å². The van der Waals surface area contributed by atoms with E-state index in [0.29, 0.717) is 11.6 Å². The summed E-state index contributed by atoms with van der Waals surface area (Å²) in [6, 6.07) is 6.91. The van der Waals surface area contributed by atoms with Crippen molar-refractivity contribution in [1.82, 2.24) is 15.1 Å². The van der Waals surface area contributed by atoms with E-state index in [1.807, 2.05) is 23.0 Å². The zero-order chi connectivity index (χ0) is 14.9. The Labute approximate surface area is 129 Å². The number of aromatic nitrogens is 2. The molecule has 1 aliphatic heterocycles. The lowest BCUT2D eigenvalue weighted by Crippen LogP contribution is -2.44. The Hall–Kier alpha value is -1.88. The van der Waals surface area contributed by atoms with Gasteiger partial charge in [-0.2, -0.15) is 5.10 Å². The van der Waals surface area contributed by atoms with Gasteiger partial charge in [-0.3, -0.25) is 0 Å². The minimum atomic E-state index is -0.210. The van der Waals surface area contributed by atoms with E-state index in [1.165, 1.54) is 36.7 Å². The van der Waals surface area contributed by atoms with Crippen molar-refractivity contribution in [3.63, 3.8) is 0 Å². The number of benzene rings is 1. The van der Waals surface area contributed by atoms with Crippen molar-refractivity contribution in [3.8, 4) is 5.69 Å².